The van der Waals surface area contributed by atoms with Crippen molar-refractivity contribution in [2.45, 2.75) is 34.1 Å². The van der Waals surface area contributed by atoms with Crippen molar-refractivity contribution in [2.75, 3.05) is 0 Å². The van der Waals surface area contributed by atoms with Gasteiger partial charge in [0.2, 0.25) is 0 Å². The van der Waals surface area contributed by atoms with Crippen LogP contribution in [0.25, 0.3) is 11.1 Å². The van der Waals surface area contributed by atoms with Gasteiger partial charge in [0.1, 0.15) is 0 Å². The van der Waals surface area contributed by atoms with Gasteiger partial charge in [-0.1, -0.05) is 29.8 Å². The lowest BCUT2D eigenvalue weighted by atomic mass is 9.94. The lowest BCUT2D eigenvalue weighted by Crippen LogP contribution is -1.89. The van der Waals surface area contributed by atoms with Gasteiger partial charge in [-0.05, 0) is 73.1 Å². The van der Waals surface area contributed by atoms with E-state index in [1.54, 1.807) is 0 Å². The van der Waals surface area contributed by atoms with E-state index in [1.807, 2.05) is 0 Å². The Hall–Kier alpha value is -1.56. The first kappa shape index (κ1) is 10.6. The van der Waals surface area contributed by atoms with Gasteiger partial charge in [-0.3, -0.25) is 0 Å². The fourth-order valence-corrected chi connectivity index (χ4v) is 3.19. The first-order valence-corrected chi connectivity index (χ1v) is 6.27. The Labute approximate surface area is 103 Å². The SMILES string of the molecule is Cc1cc(C)c2c(c1)Cc1c(C)ccc(C)c1-2. The van der Waals surface area contributed by atoms with E-state index in [-0.39, 0.29) is 0 Å². The molecule has 0 aromatic heterocycles. The molecule has 0 N–H and O–H groups in total. The molecule has 2 aromatic carbocycles. The topological polar surface area (TPSA) is 0 Å². The molecule has 86 valence electrons. The fourth-order valence-electron chi connectivity index (χ4n) is 3.19. The number of hydrogen-bond donors (Lipinski definition) is 0. The molecule has 0 spiro atoms. The van der Waals surface area contributed by atoms with Crippen LogP contribution in [-0.4, -0.2) is 0 Å². The number of rotatable bonds is 0. The molecule has 0 amide bonds. The Balaban J connectivity index is 2.38. The molecule has 0 heteroatoms. The van der Waals surface area contributed by atoms with Crippen LogP contribution in [-0.2, 0) is 6.42 Å². The fraction of sp³-hybridized carbons (Fsp3) is 0.294. The van der Waals surface area contributed by atoms with Crippen LogP contribution in [0.4, 0.5) is 0 Å². The summed E-state index contributed by atoms with van der Waals surface area (Å²) >= 11 is 0. The molecular formula is C17H18. The molecule has 1 aliphatic carbocycles. The average Bonchev–Trinajstić information content (AvgIpc) is 2.64. The van der Waals surface area contributed by atoms with Gasteiger partial charge < -0.3 is 0 Å². The van der Waals surface area contributed by atoms with Crippen molar-refractivity contribution in [3.63, 3.8) is 0 Å². The molecular weight excluding hydrogens is 204 g/mol. The maximum Gasteiger partial charge on any atom is -0.00105 e. The van der Waals surface area contributed by atoms with E-state index in [2.05, 4.69) is 52.0 Å². The largest absolute Gasteiger partial charge is 0.0587 e. The molecule has 3 rings (SSSR count). The van der Waals surface area contributed by atoms with Crippen molar-refractivity contribution in [3.8, 4) is 11.1 Å². The lowest BCUT2D eigenvalue weighted by Gasteiger charge is -2.10. The second kappa shape index (κ2) is 3.46. The summed E-state index contributed by atoms with van der Waals surface area (Å²) in [5, 5.41) is 0. The normalized spacial score (nSPS) is 12.5. The van der Waals surface area contributed by atoms with Crippen molar-refractivity contribution in [2.24, 2.45) is 0 Å². The molecule has 0 atom stereocenters. The van der Waals surface area contributed by atoms with Gasteiger partial charge >= 0.3 is 0 Å². The Bertz CT molecular complexity index is 618. The van der Waals surface area contributed by atoms with Crippen molar-refractivity contribution in [3.05, 3.63) is 57.6 Å². The maximum absolute atomic E-state index is 2.35. The van der Waals surface area contributed by atoms with E-state index in [0.29, 0.717) is 0 Å². The van der Waals surface area contributed by atoms with Crippen molar-refractivity contribution in [1.29, 1.82) is 0 Å². The average molecular weight is 222 g/mol. The number of fused-ring (bicyclic) bond motifs is 3. The van der Waals surface area contributed by atoms with E-state index >= 15 is 0 Å². The highest BCUT2D eigenvalue weighted by atomic mass is 14.3. The summed E-state index contributed by atoms with van der Waals surface area (Å²) in [7, 11) is 0. The van der Waals surface area contributed by atoms with Crippen LogP contribution in [0.5, 0.6) is 0 Å². The quantitative estimate of drug-likeness (QED) is 0.525. The first-order valence-electron chi connectivity index (χ1n) is 6.27. The Morgan fingerprint density at radius 2 is 1.47 bits per heavy atom. The third-order valence-electron chi connectivity index (χ3n) is 3.93. The molecule has 0 heterocycles. The van der Waals surface area contributed by atoms with Crippen LogP contribution >= 0.6 is 0 Å². The van der Waals surface area contributed by atoms with Crippen LogP contribution in [0.2, 0.25) is 0 Å². The minimum absolute atomic E-state index is 1.11. The number of hydrogen-bond acceptors (Lipinski definition) is 0. The summed E-state index contributed by atoms with van der Waals surface area (Å²) < 4.78 is 0. The highest BCUT2D eigenvalue weighted by Crippen LogP contribution is 2.42. The van der Waals surface area contributed by atoms with Gasteiger partial charge in [0, 0.05) is 0 Å². The van der Waals surface area contributed by atoms with E-state index in [9.17, 15) is 0 Å². The molecule has 0 nitrogen and oxygen atoms in total. The Morgan fingerprint density at radius 3 is 2.24 bits per heavy atom. The van der Waals surface area contributed by atoms with Gasteiger partial charge in [-0.15, -0.1) is 0 Å². The molecule has 1 aliphatic rings. The molecule has 0 radical (unpaired) electrons. The van der Waals surface area contributed by atoms with Gasteiger partial charge in [-0.25, -0.2) is 0 Å². The smallest absolute Gasteiger partial charge is 0.00105 e. The molecule has 0 saturated heterocycles. The van der Waals surface area contributed by atoms with E-state index in [4.69, 9.17) is 0 Å². The summed E-state index contributed by atoms with van der Waals surface area (Å²) in [5.74, 6) is 0. The molecule has 0 aliphatic heterocycles. The predicted octanol–water partition coefficient (Wildman–Crippen LogP) is 4.49. The van der Waals surface area contributed by atoms with Gasteiger partial charge in [0.25, 0.3) is 0 Å². The third-order valence-corrected chi connectivity index (χ3v) is 3.93. The zero-order valence-electron chi connectivity index (χ0n) is 11.0. The van der Waals surface area contributed by atoms with Crippen LogP contribution in [0, 0.1) is 27.7 Å². The Morgan fingerprint density at radius 1 is 0.765 bits per heavy atom. The first-order chi connectivity index (χ1) is 8.08. The monoisotopic (exact) mass is 222 g/mol. The molecule has 2 aromatic rings. The second-order valence-corrected chi connectivity index (χ2v) is 5.35. The van der Waals surface area contributed by atoms with Crippen LogP contribution in [0.15, 0.2) is 24.3 Å². The molecule has 17 heavy (non-hydrogen) atoms. The van der Waals surface area contributed by atoms with E-state index in [1.165, 1.54) is 44.5 Å². The number of benzene rings is 2. The molecule has 0 unspecified atom stereocenters. The van der Waals surface area contributed by atoms with E-state index < -0.39 is 0 Å². The van der Waals surface area contributed by atoms with Gasteiger partial charge in [0.15, 0.2) is 0 Å². The highest BCUT2D eigenvalue weighted by Gasteiger charge is 2.23. The van der Waals surface area contributed by atoms with Crippen molar-refractivity contribution < 1.29 is 0 Å². The summed E-state index contributed by atoms with van der Waals surface area (Å²) in [6, 6.07) is 9.15. The van der Waals surface area contributed by atoms with Crippen LogP contribution in [0.3, 0.4) is 0 Å². The van der Waals surface area contributed by atoms with Gasteiger partial charge in [-0.2, -0.15) is 0 Å². The predicted molar refractivity (Wildman–Crippen MR) is 73.6 cm³/mol. The molecule has 0 saturated carbocycles. The molecule has 0 bridgehead atoms. The zero-order chi connectivity index (χ0) is 12.2. The maximum atomic E-state index is 2.35. The van der Waals surface area contributed by atoms with Gasteiger partial charge in [0.05, 0.1) is 0 Å². The summed E-state index contributed by atoms with van der Waals surface area (Å²) in [6.07, 6.45) is 1.11. The minimum Gasteiger partial charge on any atom is -0.0587 e. The summed E-state index contributed by atoms with van der Waals surface area (Å²) in [5.41, 5.74) is 11.7. The number of aryl methyl sites for hydroxylation is 4. The van der Waals surface area contributed by atoms with E-state index in [0.717, 1.165) is 6.42 Å². The lowest BCUT2D eigenvalue weighted by molar-refractivity contribution is 1.20. The Kier molecular flexibility index (Phi) is 2.16. The second-order valence-electron chi connectivity index (χ2n) is 5.35. The van der Waals surface area contributed by atoms with Crippen molar-refractivity contribution >= 4 is 0 Å². The summed E-state index contributed by atoms with van der Waals surface area (Å²) in [4.78, 5) is 0. The highest BCUT2D eigenvalue weighted by molar-refractivity contribution is 5.83. The van der Waals surface area contributed by atoms with Crippen LogP contribution in [0.1, 0.15) is 33.4 Å². The van der Waals surface area contributed by atoms with Crippen molar-refractivity contribution in [1.82, 2.24) is 0 Å². The standard InChI is InChI=1S/C17H18/c1-10-7-13(4)16-14(8-10)9-15-11(2)5-6-12(3)17(15)16/h5-8H,9H2,1-4H3. The van der Waals surface area contributed by atoms with Crippen LogP contribution < -0.4 is 0 Å². The zero-order valence-corrected chi connectivity index (χ0v) is 11.0. The third kappa shape index (κ3) is 1.44. The minimum atomic E-state index is 1.11. The molecule has 0 fully saturated rings. The summed E-state index contributed by atoms with van der Waals surface area (Å²) in [6.45, 7) is 8.89.